The summed E-state index contributed by atoms with van der Waals surface area (Å²) in [6, 6.07) is 3.67. The maximum absolute atomic E-state index is 9.17. The number of anilines is 1. The Morgan fingerprint density at radius 1 is 1.53 bits per heavy atom. The second kappa shape index (κ2) is 5.24. The SMILES string of the molecule is COc1cc(Cl)c(C)cc1NC[C@@H](C)O. The molecular formula is C11H16ClNO2. The monoisotopic (exact) mass is 229 g/mol. The number of rotatable bonds is 4. The van der Waals surface area contributed by atoms with Crippen LogP contribution in [-0.4, -0.2) is 24.9 Å². The summed E-state index contributed by atoms with van der Waals surface area (Å²) in [6.45, 7) is 4.13. The first-order valence-corrected chi connectivity index (χ1v) is 5.18. The second-order valence-electron chi connectivity index (χ2n) is 3.53. The standard InChI is InChI=1S/C11H16ClNO2/c1-7-4-10(13-6-8(2)14)11(15-3)5-9(7)12/h4-5,8,13-14H,6H2,1-3H3/t8-/m1/s1. The summed E-state index contributed by atoms with van der Waals surface area (Å²) in [5, 5.41) is 12.9. The molecule has 0 heterocycles. The minimum absolute atomic E-state index is 0.398. The molecule has 0 saturated heterocycles. The molecule has 0 radical (unpaired) electrons. The van der Waals surface area contributed by atoms with Crippen molar-refractivity contribution in [2.24, 2.45) is 0 Å². The van der Waals surface area contributed by atoms with Gasteiger partial charge in [-0.3, -0.25) is 0 Å². The van der Waals surface area contributed by atoms with Crippen LogP contribution in [0.2, 0.25) is 5.02 Å². The molecule has 1 aromatic carbocycles. The molecule has 15 heavy (non-hydrogen) atoms. The molecule has 1 atom stereocenters. The number of ether oxygens (including phenoxy) is 1. The lowest BCUT2D eigenvalue weighted by Gasteiger charge is -2.14. The summed E-state index contributed by atoms with van der Waals surface area (Å²) in [4.78, 5) is 0. The molecule has 0 amide bonds. The Balaban J connectivity index is 2.89. The van der Waals surface area contributed by atoms with E-state index in [4.69, 9.17) is 16.3 Å². The molecule has 0 unspecified atom stereocenters. The number of aliphatic hydroxyl groups excluding tert-OH is 1. The highest BCUT2D eigenvalue weighted by Crippen LogP contribution is 2.30. The number of halogens is 1. The van der Waals surface area contributed by atoms with E-state index in [0.29, 0.717) is 17.3 Å². The molecule has 2 N–H and O–H groups in total. The highest BCUT2D eigenvalue weighted by atomic mass is 35.5. The molecule has 0 aliphatic carbocycles. The van der Waals surface area contributed by atoms with E-state index in [1.807, 2.05) is 13.0 Å². The Bertz CT molecular complexity index is 340. The van der Waals surface area contributed by atoms with Crippen LogP contribution >= 0.6 is 11.6 Å². The van der Waals surface area contributed by atoms with E-state index in [-0.39, 0.29) is 0 Å². The highest BCUT2D eigenvalue weighted by Gasteiger charge is 2.07. The van der Waals surface area contributed by atoms with Gasteiger partial charge in [0.2, 0.25) is 0 Å². The molecule has 1 aromatic rings. The van der Waals surface area contributed by atoms with Crippen molar-refractivity contribution in [1.29, 1.82) is 0 Å². The van der Waals surface area contributed by atoms with Gasteiger partial charge in [0, 0.05) is 17.6 Å². The molecule has 84 valence electrons. The first kappa shape index (κ1) is 12.1. The third-order valence-corrected chi connectivity index (χ3v) is 2.48. The lowest BCUT2D eigenvalue weighted by molar-refractivity contribution is 0.208. The fourth-order valence-corrected chi connectivity index (χ4v) is 1.38. The third-order valence-electron chi connectivity index (χ3n) is 2.07. The van der Waals surface area contributed by atoms with Gasteiger partial charge in [0.1, 0.15) is 5.75 Å². The van der Waals surface area contributed by atoms with Crippen LogP contribution in [0.1, 0.15) is 12.5 Å². The lowest BCUT2D eigenvalue weighted by atomic mass is 10.2. The number of nitrogens with one attached hydrogen (secondary N) is 1. The zero-order valence-corrected chi connectivity index (χ0v) is 9.93. The molecule has 3 nitrogen and oxygen atoms in total. The van der Waals surface area contributed by atoms with Gasteiger partial charge in [-0.15, -0.1) is 0 Å². The van der Waals surface area contributed by atoms with Crippen LogP contribution in [0.25, 0.3) is 0 Å². The number of hydrogen-bond donors (Lipinski definition) is 2. The molecule has 0 aromatic heterocycles. The molecule has 0 fully saturated rings. The smallest absolute Gasteiger partial charge is 0.143 e. The van der Waals surface area contributed by atoms with E-state index in [9.17, 15) is 5.11 Å². The van der Waals surface area contributed by atoms with Crippen LogP contribution in [0, 0.1) is 6.92 Å². The normalized spacial score (nSPS) is 12.3. The van der Waals surface area contributed by atoms with Crippen LogP contribution in [0.4, 0.5) is 5.69 Å². The van der Waals surface area contributed by atoms with Gasteiger partial charge < -0.3 is 15.2 Å². The minimum atomic E-state index is -0.398. The summed E-state index contributed by atoms with van der Waals surface area (Å²) in [7, 11) is 1.59. The Labute approximate surface area is 95.0 Å². The highest BCUT2D eigenvalue weighted by molar-refractivity contribution is 6.31. The molecule has 0 saturated carbocycles. The minimum Gasteiger partial charge on any atom is -0.495 e. The van der Waals surface area contributed by atoms with E-state index in [1.165, 1.54) is 0 Å². The van der Waals surface area contributed by atoms with Crippen molar-refractivity contribution in [3.8, 4) is 5.75 Å². The van der Waals surface area contributed by atoms with Gasteiger partial charge in [-0.2, -0.15) is 0 Å². The molecule has 0 spiro atoms. The molecule has 1 rings (SSSR count). The topological polar surface area (TPSA) is 41.5 Å². The average Bonchev–Trinajstić information content (AvgIpc) is 2.19. The van der Waals surface area contributed by atoms with Crippen LogP contribution in [-0.2, 0) is 0 Å². The maximum atomic E-state index is 9.17. The van der Waals surface area contributed by atoms with E-state index in [2.05, 4.69) is 5.32 Å². The van der Waals surface area contributed by atoms with Crippen molar-refractivity contribution >= 4 is 17.3 Å². The zero-order chi connectivity index (χ0) is 11.4. The van der Waals surface area contributed by atoms with Gasteiger partial charge in [0.25, 0.3) is 0 Å². The van der Waals surface area contributed by atoms with Crippen molar-refractivity contribution in [1.82, 2.24) is 0 Å². The summed E-state index contributed by atoms with van der Waals surface area (Å²) >= 11 is 5.97. The first-order valence-electron chi connectivity index (χ1n) is 4.80. The van der Waals surface area contributed by atoms with Crippen LogP contribution < -0.4 is 10.1 Å². The third kappa shape index (κ3) is 3.29. The van der Waals surface area contributed by atoms with Crippen molar-refractivity contribution in [3.63, 3.8) is 0 Å². The van der Waals surface area contributed by atoms with Crippen LogP contribution in [0.3, 0.4) is 0 Å². The molecule has 4 heteroatoms. The van der Waals surface area contributed by atoms with Gasteiger partial charge in [-0.05, 0) is 25.5 Å². The quantitative estimate of drug-likeness (QED) is 0.834. The van der Waals surface area contributed by atoms with Gasteiger partial charge in [-0.25, -0.2) is 0 Å². The van der Waals surface area contributed by atoms with E-state index in [0.717, 1.165) is 11.3 Å². The number of benzene rings is 1. The van der Waals surface area contributed by atoms with Crippen molar-refractivity contribution < 1.29 is 9.84 Å². The van der Waals surface area contributed by atoms with Crippen molar-refractivity contribution in [2.45, 2.75) is 20.0 Å². The molecular weight excluding hydrogens is 214 g/mol. The summed E-state index contributed by atoms with van der Waals surface area (Å²) in [5.74, 6) is 0.686. The van der Waals surface area contributed by atoms with Gasteiger partial charge in [0.05, 0.1) is 18.9 Å². The second-order valence-corrected chi connectivity index (χ2v) is 3.94. The van der Waals surface area contributed by atoms with Crippen LogP contribution in [0.15, 0.2) is 12.1 Å². The lowest BCUT2D eigenvalue weighted by Crippen LogP contribution is -2.15. The molecule has 0 aliphatic heterocycles. The number of aliphatic hydroxyl groups is 1. The molecule has 0 bridgehead atoms. The summed E-state index contributed by atoms with van der Waals surface area (Å²) in [6.07, 6.45) is -0.398. The predicted molar refractivity (Wildman–Crippen MR) is 62.9 cm³/mol. The van der Waals surface area contributed by atoms with Crippen molar-refractivity contribution in [2.75, 3.05) is 19.0 Å². The summed E-state index contributed by atoms with van der Waals surface area (Å²) in [5.41, 5.74) is 1.82. The van der Waals surface area contributed by atoms with E-state index in [1.54, 1.807) is 20.1 Å². The maximum Gasteiger partial charge on any atom is 0.143 e. The number of aryl methyl sites for hydroxylation is 1. The van der Waals surface area contributed by atoms with Gasteiger partial charge in [-0.1, -0.05) is 11.6 Å². The Kier molecular flexibility index (Phi) is 4.24. The fourth-order valence-electron chi connectivity index (χ4n) is 1.23. The first-order chi connectivity index (χ1) is 7.04. The largest absolute Gasteiger partial charge is 0.495 e. The van der Waals surface area contributed by atoms with E-state index >= 15 is 0 Å². The van der Waals surface area contributed by atoms with Crippen molar-refractivity contribution in [3.05, 3.63) is 22.7 Å². The zero-order valence-electron chi connectivity index (χ0n) is 9.17. The Hall–Kier alpha value is -0.930. The fraction of sp³-hybridized carbons (Fsp3) is 0.455. The number of hydrogen-bond acceptors (Lipinski definition) is 3. The summed E-state index contributed by atoms with van der Waals surface area (Å²) < 4.78 is 5.18. The van der Waals surface area contributed by atoms with Gasteiger partial charge in [0.15, 0.2) is 0 Å². The number of methoxy groups -OCH3 is 1. The van der Waals surface area contributed by atoms with E-state index < -0.39 is 6.10 Å². The Morgan fingerprint density at radius 2 is 2.20 bits per heavy atom. The average molecular weight is 230 g/mol. The van der Waals surface area contributed by atoms with Gasteiger partial charge >= 0.3 is 0 Å². The molecule has 0 aliphatic rings. The Morgan fingerprint density at radius 3 is 2.73 bits per heavy atom. The predicted octanol–water partition coefficient (Wildman–Crippen LogP) is 2.45. The van der Waals surface area contributed by atoms with Crippen LogP contribution in [0.5, 0.6) is 5.75 Å².